The fourth-order valence-electron chi connectivity index (χ4n) is 3.16. The number of hydrogen-bond acceptors (Lipinski definition) is 3. The lowest BCUT2D eigenvalue weighted by atomic mass is 9.92. The molecule has 0 radical (unpaired) electrons. The van der Waals surface area contributed by atoms with Crippen molar-refractivity contribution in [2.45, 2.75) is 57.1 Å². The van der Waals surface area contributed by atoms with Gasteiger partial charge in [-0.1, -0.05) is 19.3 Å². The van der Waals surface area contributed by atoms with Gasteiger partial charge >= 0.3 is 0 Å². The van der Waals surface area contributed by atoms with Crippen LogP contribution >= 0.6 is 0 Å². The van der Waals surface area contributed by atoms with Gasteiger partial charge in [0.2, 0.25) is 0 Å². The molecular weight excluding hydrogens is 200 g/mol. The molecule has 0 amide bonds. The van der Waals surface area contributed by atoms with E-state index in [1.54, 1.807) is 0 Å². The normalized spacial score (nSPS) is 37.6. The molecule has 1 heterocycles. The van der Waals surface area contributed by atoms with Crippen LogP contribution in [0.5, 0.6) is 0 Å². The van der Waals surface area contributed by atoms with Crippen molar-refractivity contribution in [1.29, 1.82) is 5.26 Å². The van der Waals surface area contributed by atoms with Crippen molar-refractivity contribution in [2.24, 2.45) is 5.92 Å². The lowest BCUT2D eigenvalue weighted by Gasteiger charge is -2.38. The minimum atomic E-state index is -0.170. The van der Waals surface area contributed by atoms with Gasteiger partial charge in [-0.15, -0.1) is 0 Å². The standard InChI is InChI=1S/C13H22N2O/c14-9-11-5-2-1-3-7-13(11)15-8-4-6-12(16)10-15/h11-13,16H,1-8,10H2. The third-order valence-corrected chi connectivity index (χ3v) is 4.04. The second-order valence-electron chi connectivity index (χ2n) is 5.23. The molecule has 0 aromatic carbocycles. The highest BCUT2D eigenvalue weighted by atomic mass is 16.3. The third-order valence-electron chi connectivity index (χ3n) is 4.04. The van der Waals surface area contributed by atoms with Crippen LogP contribution in [0.3, 0.4) is 0 Å². The molecule has 1 N–H and O–H groups in total. The summed E-state index contributed by atoms with van der Waals surface area (Å²) in [5, 5.41) is 19.0. The van der Waals surface area contributed by atoms with Crippen LogP contribution in [0.25, 0.3) is 0 Å². The Labute approximate surface area is 98.1 Å². The zero-order valence-corrected chi connectivity index (χ0v) is 9.94. The number of aliphatic hydroxyl groups is 1. The fraction of sp³-hybridized carbons (Fsp3) is 0.923. The average Bonchev–Trinajstić information content (AvgIpc) is 2.53. The summed E-state index contributed by atoms with van der Waals surface area (Å²) in [5.41, 5.74) is 0. The van der Waals surface area contributed by atoms with E-state index in [1.807, 2.05) is 0 Å². The SMILES string of the molecule is N#CC1CCCCCC1N1CCCC(O)C1. The maximum atomic E-state index is 9.71. The van der Waals surface area contributed by atoms with E-state index in [4.69, 9.17) is 0 Å². The van der Waals surface area contributed by atoms with Gasteiger partial charge in [-0.05, 0) is 32.2 Å². The van der Waals surface area contributed by atoms with E-state index in [0.717, 1.165) is 38.8 Å². The molecule has 90 valence electrons. The molecule has 0 bridgehead atoms. The van der Waals surface area contributed by atoms with Crippen LogP contribution in [0.1, 0.15) is 44.9 Å². The summed E-state index contributed by atoms with van der Waals surface area (Å²) >= 11 is 0. The summed E-state index contributed by atoms with van der Waals surface area (Å²) in [7, 11) is 0. The third kappa shape index (κ3) is 2.75. The topological polar surface area (TPSA) is 47.3 Å². The van der Waals surface area contributed by atoms with Gasteiger partial charge in [0.05, 0.1) is 18.1 Å². The number of hydrogen-bond donors (Lipinski definition) is 1. The molecule has 0 aromatic heterocycles. The Morgan fingerprint density at radius 1 is 1.06 bits per heavy atom. The molecule has 1 aliphatic heterocycles. The first-order valence-corrected chi connectivity index (χ1v) is 6.63. The van der Waals surface area contributed by atoms with Crippen LogP contribution in [-0.4, -0.2) is 35.2 Å². The first-order chi connectivity index (χ1) is 7.81. The molecule has 1 saturated carbocycles. The second kappa shape index (κ2) is 5.65. The highest BCUT2D eigenvalue weighted by molar-refractivity contribution is 4.95. The van der Waals surface area contributed by atoms with E-state index in [1.165, 1.54) is 19.3 Å². The lowest BCUT2D eigenvalue weighted by Crippen LogP contribution is -2.47. The van der Waals surface area contributed by atoms with Crippen LogP contribution in [0, 0.1) is 17.2 Å². The number of rotatable bonds is 1. The van der Waals surface area contributed by atoms with E-state index in [2.05, 4.69) is 11.0 Å². The highest BCUT2D eigenvalue weighted by Gasteiger charge is 2.31. The van der Waals surface area contributed by atoms with Crippen molar-refractivity contribution in [2.75, 3.05) is 13.1 Å². The largest absolute Gasteiger partial charge is 0.392 e. The summed E-state index contributed by atoms with van der Waals surface area (Å²) in [6.45, 7) is 1.85. The molecular formula is C13H22N2O. The molecule has 2 rings (SSSR count). The summed E-state index contributed by atoms with van der Waals surface area (Å²) < 4.78 is 0. The van der Waals surface area contributed by atoms with Gasteiger partial charge in [0.25, 0.3) is 0 Å². The Bertz CT molecular complexity index is 261. The zero-order valence-electron chi connectivity index (χ0n) is 9.94. The van der Waals surface area contributed by atoms with E-state index in [0.29, 0.717) is 6.04 Å². The first-order valence-electron chi connectivity index (χ1n) is 6.63. The number of aliphatic hydroxyl groups excluding tert-OH is 1. The maximum Gasteiger partial charge on any atom is 0.0672 e. The van der Waals surface area contributed by atoms with E-state index < -0.39 is 0 Å². The van der Waals surface area contributed by atoms with Gasteiger partial charge in [-0.2, -0.15) is 5.26 Å². The molecule has 3 atom stereocenters. The summed E-state index contributed by atoms with van der Waals surface area (Å²) in [5.74, 6) is 0.188. The number of nitrogens with zero attached hydrogens (tertiary/aromatic N) is 2. The minimum absolute atomic E-state index is 0.170. The number of piperidine rings is 1. The van der Waals surface area contributed by atoms with Crippen LogP contribution in [0.2, 0.25) is 0 Å². The Morgan fingerprint density at radius 2 is 1.88 bits per heavy atom. The van der Waals surface area contributed by atoms with Gasteiger partial charge in [0, 0.05) is 12.6 Å². The smallest absolute Gasteiger partial charge is 0.0672 e. The molecule has 3 heteroatoms. The van der Waals surface area contributed by atoms with Crippen molar-refractivity contribution < 1.29 is 5.11 Å². The Hall–Kier alpha value is -0.590. The molecule has 3 nitrogen and oxygen atoms in total. The van der Waals surface area contributed by atoms with Crippen LogP contribution < -0.4 is 0 Å². The molecule has 3 unspecified atom stereocenters. The summed E-state index contributed by atoms with van der Waals surface area (Å²) in [4.78, 5) is 2.37. The fourth-order valence-corrected chi connectivity index (χ4v) is 3.16. The Balaban J connectivity index is 2.01. The minimum Gasteiger partial charge on any atom is -0.392 e. The number of β-amino-alcohol motifs (C(OH)–C–C–N with tert-alkyl or cyclic N) is 1. The van der Waals surface area contributed by atoms with Gasteiger partial charge in [0.15, 0.2) is 0 Å². The van der Waals surface area contributed by atoms with Crippen LogP contribution in [0.15, 0.2) is 0 Å². The van der Waals surface area contributed by atoms with Crippen molar-refractivity contribution in [1.82, 2.24) is 4.90 Å². The number of likely N-dealkylation sites (tertiary alicyclic amines) is 1. The number of nitriles is 1. The summed E-state index contributed by atoms with van der Waals surface area (Å²) in [6.07, 6.45) is 7.75. The van der Waals surface area contributed by atoms with E-state index >= 15 is 0 Å². The van der Waals surface area contributed by atoms with E-state index in [9.17, 15) is 10.4 Å². The van der Waals surface area contributed by atoms with Crippen molar-refractivity contribution >= 4 is 0 Å². The van der Waals surface area contributed by atoms with Crippen molar-refractivity contribution in [3.8, 4) is 6.07 Å². The average molecular weight is 222 g/mol. The van der Waals surface area contributed by atoms with Gasteiger partial charge in [-0.3, -0.25) is 4.90 Å². The molecule has 1 aliphatic carbocycles. The van der Waals surface area contributed by atoms with Crippen molar-refractivity contribution in [3.63, 3.8) is 0 Å². The van der Waals surface area contributed by atoms with Gasteiger partial charge < -0.3 is 5.11 Å². The molecule has 0 aromatic rings. The van der Waals surface area contributed by atoms with Crippen LogP contribution in [-0.2, 0) is 0 Å². The molecule has 2 aliphatic rings. The zero-order chi connectivity index (χ0) is 11.4. The predicted octanol–water partition coefficient (Wildman–Crippen LogP) is 1.92. The quantitative estimate of drug-likeness (QED) is 0.689. The molecule has 1 saturated heterocycles. The molecule has 2 fully saturated rings. The molecule has 16 heavy (non-hydrogen) atoms. The van der Waals surface area contributed by atoms with Crippen molar-refractivity contribution in [3.05, 3.63) is 0 Å². The first kappa shape index (κ1) is 11.9. The van der Waals surface area contributed by atoms with Gasteiger partial charge in [0.1, 0.15) is 0 Å². The van der Waals surface area contributed by atoms with Gasteiger partial charge in [-0.25, -0.2) is 0 Å². The second-order valence-corrected chi connectivity index (χ2v) is 5.23. The monoisotopic (exact) mass is 222 g/mol. The Kier molecular flexibility index (Phi) is 4.20. The summed E-state index contributed by atoms with van der Waals surface area (Å²) in [6, 6.07) is 2.89. The lowest BCUT2D eigenvalue weighted by molar-refractivity contribution is 0.0339. The van der Waals surface area contributed by atoms with E-state index in [-0.39, 0.29) is 12.0 Å². The maximum absolute atomic E-state index is 9.71. The molecule has 0 spiro atoms. The Morgan fingerprint density at radius 3 is 2.62 bits per heavy atom. The van der Waals surface area contributed by atoms with Crippen LogP contribution in [0.4, 0.5) is 0 Å². The predicted molar refractivity (Wildman–Crippen MR) is 62.8 cm³/mol. The highest BCUT2D eigenvalue weighted by Crippen LogP contribution is 2.28.